The minimum atomic E-state index is -0.320. The number of rotatable bonds is 1. The van der Waals surface area contributed by atoms with Crippen LogP contribution in [0.1, 0.15) is 20.7 Å². The second-order valence-corrected chi connectivity index (χ2v) is 5.35. The predicted octanol–water partition coefficient (Wildman–Crippen LogP) is 3.90. The summed E-state index contributed by atoms with van der Waals surface area (Å²) >= 11 is 9.28. The number of carbonyl (C=O) groups excluding carboxylic acids is 2. The summed E-state index contributed by atoms with van der Waals surface area (Å²) in [5.41, 5.74) is 1.32. The molecular formula is C14H7BrClNO2. The zero-order chi connectivity index (χ0) is 13.6. The van der Waals surface area contributed by atoms with Crippen molar-refractivity contribution >= 4 is 45.0 Å². The van der Waals surface area contributed by atoms with Crippen LogP contribution >= 0.6 is 27.5 Å². The minimum absolute atomic E-state index is 0.320. The Morgan fingerprint density at radius 2 is 1.53 bits per heavy atom. The molecule has 1 aliphatic heterocycles. The van der Waals surface area contributed by atoms with E-state index in [1.54, 1.807) is 42.5 Å². The predicted molar refractivity (Wildman–Crippen MR) is 76.7 cm³/mol. The van der Waals surface area contributed by atoms with E-state index in [9.17, 15) is 9.59 Å². The molecule has 3 nitrogen and oxygen atoms in total. The first kappa shape index (κ1) is 12.4. The SMILES string of the molecule is O=C1c2ccccc2C(=O)N1c1ccc(Br)c(Cl)c1. The van der Waals surface area contributed by atoms with Gasteiger partial charge in [-0.15, -0.1) is 0 Å². The molecule has 19 heavy (non-hydrogen) atoms. The Hall–Kier alpha value is -1.65. The van der Waals surface area contributed by atoms with Gasteiger partial charge in [0.05, 0.1) is 21.8 Å². The first-order valence-corrected chi connectivity index (χ1v) is 6.69. The molecule has 2 amide bonds. The lowest BCUT2D eigenvalue weighted by molar-refractivity contribution is 0.0926. The Morgan fingerprint density at radius 3 is 2.05 bits per heavy atom. The van der Waals surface area contributed by atoms with Gasteiger partial charge in [0.1, 0.15) is 0 Å². The molecule has 0 fully saturated rings. The van der Waals surface area contributed by atoms with Gasteiger partial charge in [-0.05, 0) is 46.3 Å². The third-order valence-corrected chi connectivity index (χ3v) is 4.19. The van der Waals surface area contributed by atoms with Crippen molar-refractivity contribution in [1.82, 2.24) is 0 Å². The Kier molecular flexibility index (Phi) is 2.92. The van der Waals surface area contributed by atoms with Crippen molar-refractivity contribution in [2.45, 2.75) is 0 Å². The Morgan fingerprint density at radius 1 is 0.947 bits per heavy atom. The van der Waals surface area contributed by atoms with Gasteiger partial charge in [-0.2, -0.15) is 0 Å². The van der Waals surface area contributed by atoms with Gasteiger partial charge in [-0.3, -0.25) is 9.59 Å². The van der Waals surface area contributed by atoms with Crippen LogP contribution in [0.15, 0.2) is 46.9 Å². The van der Waals surface area contributed by atoms with Gasteiger partial charge < -0.3 is 0 Å². The van der Waals surface area contributed by atoms with Crippen molar-refractivity contribution in [1.29, 1.82) is 0 Å². The highest BCUT2D eigenvalue weighted by molar-refractivity contribution is 9.10. The monoisotopic (exact) mass is 335 g/mol. The van der Waals surface area contributed by atoms with Gasteiger partial charge in [-0.1, -0.05) is 23.7 Å². The van der Waals surface area contributed by atoms with Gasteiger partial charge in [0.2, 0.25) is 0 Å². The molecule has 3 rings (SSSR count). The molecule has 0 N–H and O–H groups in total. The summed E-state index contributed by atoms with van der Waals surface area (Å²) in [6.45, 7) is 0. The average molecular weight is 337 g/mol. The Balaban J connectivity index is 2.11. The molecule has 0 radical (unpaired) electrons. The van der Waals surface area contributed by atoms with Crippen LogP contribution in [0.2, 0.25) is 5.02 Å². The normalized spacial score (nSPS) is 13.9. The van der Waals surface area contributed by atoms with Crippen LogP contribution in [-0.4, -0.2) is 11.8 Å². The highest BCUT2D eigenvalue weighted by Gasteiger charge is 2.36. The highest BCUT2D eigenvalue weighted by atomic mass is 79.9. The molecule has 5 heteroatoms. The van der Waals surface area contributed by atoms with Crippen molar-refractivity contribution in [3.8, 4) is 0 Å². The number of imide groups is 1. The maximum Gasteiger partial charge on any atom is 0.266 e. The van der Waals surface area contributed by atoms with Crippen LogP contribution in [0.3, 0.4) is 0 Å². The van der Waals surface area contributed by atoms with Crippen LogP contribution in [0.4, 0.5) is 5.69 Å². The van der Waals surface area contributed by atoms with E-state index in [4.69, 9.17) is 11.6 Å². The molecule has 0 aromatic heterocycles. The molecule has 1 heterocycles. The topological polar surface area (TPSA) is 37.4 Å². The van der Waals surface area contributed by atoms with Gasteiger partial charge in [0, 0.05) is 4.47 Å². The van der Waals surface area contributed by atoms with Crippen LogP contribution in [-0.2, 0) is 0 Å². The zero-order valence-electron chi connectivity index (χ0n) is 9.56. The van der Waals surface area contributed by atoms with E-state index in [1.807, 2.05) is 0 Å². The van der Waals surface area contributed by atoms with E-state index >= 15 is 0 Å². The summed E-state index contributed by atoms with van der Waals surface area (Å²) in [6.07, 6.45) is 0. The van der Waals surface area contributed by atoms with E-state index in [0.717, 1.165) is 9.37 Å². The number of carbonyl (C=O) groups is 2. The molecule has 0 spiro atoms. The summed E-state index contributed by atoms with van der Waals surface area (Å²) in [5, 5.41) is 0.453. The number of fused-ring (bicyclic) bond motifs is 1. The van der Waals surface area contributed by atoms with E-state index in [-0.39, 0.29) is 11.8 Å². The molecule has 94 valence electrons. The number of benzene rings is 2. The first-order valence-electron chi connectivity index (χ1n) is 5.52. The maximum atomic E-state index is 12.3. The number of anilines is 1. The van der Waals surface area contributed by atoms with E-state index in [0.29, 0.717) is 21.8 Å². The maximum absolute atomic E-state index is 12.3. The van der Waals surface area contributed by atoms with Crippen molar-refractivity contribution in [3.05, 3.63) is 63.1 Å². The molecule has 2 aromatic rings. The standard InChI is InChI=1S/C14H7BrClNO2/c15-11-6-5-8(7-12(11)16)17-13(18)9-3-1-2-4-10(9)14(17)19/h1-7H. The quantitative estimate of drug-likeness (QED) is 0.741. The third-order valence-electron chi connectivity index (χ3n) is 2.96. The number of amides is 2. The van der Waals surface area contributed by atoms with Crippen LogP contribution < -0.4 is 4.90 Å². The molecule has 2 aromatic carbocycles. The third kappa shape index (κ3) is 1.88. The molecule has 0 atom stereocenters. The van der Waals surface area contributed by atoms with Crippen molar-refractivity contribution in [2.24, 2.45) is 0 Å². The van der Waals surface area contributed by atoms with Crippen LogP contribution in [0.5, 0.6) is 0 Å². The molecular weight excluding hydrogens is 330 g/mol. The van der Waals surface area contributed by atoms with Crippen LogP contribution in [0, 0.1) is 0 Å². The molecule has 0 saturated carbocycles. The summed E-state index contributed by atoms with van der Waals surface area (Å²) in [6, 6.07) is 11.8. The lowest BCUT2D eigenvalue weighted by atomic mass is 10.1. The first-order chi connectivity index (χ1) is 9.09. The van der Waals surface area contributed by atoms with Gasteiger partial charge in [0.25, 0.3) is 11.8 Å². The molecule has 1 aliphatic rings. The van der Waals surface area contributed by atoms with E-state index < -0.39 is 0 Å². The number of halogens is 2. The summed E-state index contributed by atoms with van der Waals surface area (Å²) in [5.74, 6) is -0.641. The smallest absolute Gasteiger partial charge is 0.266 e. The second kappa shape index (κ2) is 4.47. The summed E-state index contributed by atoms with van der Waals surface area (Å²) in [4.78, 5) is 25.7. The average Bonchev–Trinajstić information content (AvgIpc) is 2.66. The fourth-order valence-corrected chi connectivity index (χ4v) is 2.47. The second-order valence-electron chi connectivity index (χ2n) is 4.09. The van der Waals surface area contributed by atoms with Gasteiger partial charge in [0.15, 0.2) is 0 Å². The van der Waals surface area contributed by atoms with E-state index in [2.05, 4.69) is 15.9 Å². The molecule has 0 aliphatic carbocycles. The van der Waals surface area contributed by atoms with Gasteiger partial charge in [-0.25, -0.2) is 4.90 Å². The lowest BCUT2D eigenvalue weighted by Crippen LogP contribution is -2.29. The Bertz CT molecular complexity index is 679. The number of hydrogen-bond donors (Lipinski definition) is 0. The van der Waals surface area contributed by atoms with E-state index in [1.165, 1.54) is 0 Å². The zero-order valence-corrected chi connectivity index (χ0v) is 11.9. The highest BCUT2D eigenvalue weighted by Crippen LogP contribution is 2.32. The van der Waals surface area contributed by atoms with Gasteiger partial charge >= 0.3 is 0 Å². The fraction of sp³-hybridized carbons (Fsp3) is 0. The molecule has 0 bridgehead atoms. The summed E-state index contributed by atoms with van der Waals surface area (Å²) < 4.78 is 0.717. The lowest BCUT2D eigenvalue weighted by Gasteiger charge is -2.14. The fourth-order valence-electron chi connectivity index (χ4n) is 2.05. The number of hydrogen-bond acceptors (Lipinski definition) is 2. The molecule has 0 saturated heterocycles. The van der Waals surface area contributed by atoms with Crippen molar-refractivity contribution < 1.29 is 9.59 Å². The number of nitrogens with zero attached hydrogens (tertiary/aromatic N) is 1. The Labute approximate surface area is 122 Å². The largest absolute Gasteiger partial charge is 0.268 e. The summed E-state index contributed by atoms with van der Waals surface area (Å²) in [7, 11) is 0. The van der Waals surface area contributed by atoms with Crippen LogP contribution in [0.25, 0.3) is 0 Å². The van der Waals surface area contributed by atoms with Crippen molar-refractivity contribution in [3.63, 3.8) is 0 Å². The molecule has 0 unspecified atom stereocenters. The van der Waals surface area contributed by atoms with Crippen molar-refractivity contribution in [2.75, 3.05) is 4.90 Å². The minimum Gasteiger partial charge on any atom is -0.268 e.